The topological polar surface area (TPSA) is 32.3 Å². The molecule has 2 nitrogen and oxygen atoms in total. The third-order valence-electron chi connectivity index (χ3n) is 3.37. The van der Waals surface area contributed by atoms with Crippen molar-refractivity contribution in [2.24, 2.45) is 0 Å². The summed E-state index contributed by atoms with van der Waals surface area (Å²) in [4.78, 5) is 2.41. The van der Waals surface area contributed by atoms with Crippen LogP contribution < -0.4 is 5.32 Å². The van der Waals surface area contributed by atoms with Crippen LogP contribution in [0.15, 0.2) is 52.3 Å². The molecule has 21 heavy (non-hydrogen) atoms. The second-order valence-corrected chi connectivity index (χ2v) is 6.46. The Labute approximate surface area is 135 Å². The van der Waals surface area contributed by atoms with Crippen LogP contribution in [0.2, 0.25) is 0 Å². The lowest BCUT2D eigenvalue weighted by Crippen LogP contribution is -2.17. The largest absolute Gasteiger partial charge is 0.508 e. The van der Waals surface area contributed by atoms with Gasteiger partial charge in [-0.3, -0.25) is 0 Å². The number of nitrogens with one attached hydrogen (secondary N) is 1. The summed E-state index contributed by atoms with van der Waals surface area (Å²) < 4.78 is 0. The molecule has 112 valence electrons. The summed E-state index contributed by atoms with van der Waals surface area (Å²) in [6.45, 7) is 1.72. The first-order valence-electron chi connectivity index (χ1n) is 6.93. The van der Waals surface area contributed by atoms with Gasteiger partial charge in [0.1, 0.15) is 5.75 Å². The summed E-state index contributed by atoms with van der Waals surface area (Å²) in [5, 5.41) is 13.4. The van der Waals surface area contributed by atoms with Crippen LogP contribution >= 0.6 is 23.5 Å². The van der Waals surface area contributed by atoms with Crippen molar-refractivity contribution in [2.45, 2.75) is 22.8 Å². The van der Waals surface area contributed by atoms with Gasteiger partial charge in [-0.05, 0) is 54.8 Å². The number of hydrogen-bond acceptors (Lipinski definition) is 4. The van der Waals surface area contributed by atoms with Gasteiger partial charge in [0, 0.05) is 16.3 Å². The van der Waals surface area contributed by atoms with E-state index in [2.05, 4.69) is 41.9 Å². The fourth-order valence-corrected chi connectivity index (χ4v) is 3.23. The molecule has 0 aliphatic carbocycles. The van der Waals surface area contributed by atoms with Crippen molar-refractivity contribution < 1.29 is 5.11 Å². The van der Waals surface area contributed by atoms with E-state index in [1.165, 1.54) is 10.5 Å². The molecule has 0 atom stereocenters. The fourth-order valence-electron chi connectivity index (χ4n) is 2.18. The molecule has 0 saturated heterocycles. The Kier molecular flexibility index (Phi) is 6.49. The lowest BCUT2D eigenvalue weighted by molar-refractivity contribution is 0.465. The highest BCUT2D eigenvalue weighted by Gasteiger charge is 2.03. The molecule has 4 heteroatoms. The van der Waals surface area contributed by atoms with Crippen molar-refractivity contribution in [1.29, 1.82) is 0 Å². The fraction of sp³-hybridized carbons (Fsp3) is 0.294. The van der Waals surface area contributed by atoms with Crippen LogP contribution in [0, 0.1) is 0 Å². The zero-order valence-corrected chi connectivity index (χ0v) is 14.1. The Morgan fingerprint density at radius 2 is 1.81 bits per heavy atom. The van der Waals surface area contributed by atoms with Gasteiger partial charge in [0.25, 0.3) is 0 Å². The van der Waals surface area contributed by atoms with Gasteiger partial charge in [-0.15, -0.1) is 23.5 Å². The zero-order chi connectivity index (χ0) is 15.1. The van der Waals surface area contributed by atoms with E-state index in [0.29, 0.717) is 5.75 Å². The highest BCUT2D eigenvalue weighted by Crippen LogP contribution is 2.24. The van der Waals surface area contributed by atoms with Crippen molar-refractivity contribution in [3.8, 4) is 5.75 Å². The minimum Gasteiger partial charge on any atom is -0.508 e. The minimum atomic E-state index is 0.396. The first kappa shape index (κ1) is 16.3. The quantitative estimate of drug-likeness (QED) is 0.593. The molecule has 0 aliphatic heterocycles. The summed E-state index contributed by atoms with van der Waals surface area (Å²) in [6.07, 6.45) is 4.95. The van der Waals surface area contributed by atoms with E-state index in [0.717, 1.165) is 30.0 Å². The molecule has 0 heterocycles. The third-order valence-corrected chi connectivity index (χ3v) is 4.93. The van der Waals surface area contributed by atoms with Crippen molar-refractivity contribution in [2.75, 3.05) is 19.1 Å². The summed E-state index contributed by atoms with van der Waals surface area (Å²) in [6, 6.07) is 14.4. The first-order chi connectivity index (χ1) is 10.2. The van der Waals surface area contributed by atoms with E-state index >= 15 is 0 Å². The summed E-state index contributed by atoms with van der Waals surface area (Å²) in [7, 11) is 0. The zero-order valence-electron chi connectivity index (χ0n) is 12.4. The highest BCUT2D eigenvalue weighted by molar-refractivity contribution is 7.98. The van der Waals surface area contributed by atoms with E-state index in [1.54, 1.807) is 23.5 Å². The van der Waals surface area contributed by atoms with Gasteiger partial charge in [0.2, 0.25) is 0 Å². The molecule has 0 aliphatic rings. The molecule has 2 aromatic rings. The lowest BCUT2D eigenvalue weighted by atomic mass is 10.1. The minimum absolute atomic E-state index is 0.396. The van der Waals surface area contributed by atoms with Crippen molar-refractivity contribution >= 4 is 23.5 Å². The van der Waals surface area contributed by atoms with E-state index in [-0.39, 0.29) is 0 Å². The number of rotatable bonds is 7. The van der Waals surface area contributed by atoms with Crippen LogP contribution in [-0.2, 0) is 13.0 Å². The van der Waals surface area contributed by atoms with Gasteiger partial charge < -0.3 is 10.4 Å². The van der Waals surface area contributed by atoms with Crippen LogP contribution in [-0.4, -0.2) is 24.2 Å². The summed E-state index contributed by atoms with van der Waals surface area (Å²) in [5.74, 6) is 0.396. The normalized spacial score (nSPS) is 10.8. The number of phenols is 1. The summed E-state index contributed by atoms with van der Waals surface area (Å²) in [5.41, 5.74) is 2.32. The Balaban J connectivity index is 1.85. The monoisotopic (exact) mass is 319 g/mol. The average molecular weight is 319 g/mol. The van der Waals surface area contributed by atoms with Gasteiger partial charge in [0.15, 0.2) is 0 Å². The maximum absolute atomic E-state index is 9.98. The van der Waals surface area contributed by atoms with Crippen molar-refractivity contribution in [3.05, 3.63) is 53.6 Å². The average Bonchev–Trinajstić information content (AvgIpc) is 2.53. The molecular weight excluding hydrogens is 298 g/mol. The number of hydrogen-bond donors (Lipinski definition) is 2. The van der Waals surface area contributed by atoms with Gasteiger partial charge in [-0.1, -0.05) is 24.3 Å². The number of thioether (sulfide) groups is 2. The molecule has 0 bridgehead atoms. The third kappa shape index (κ3) is 4.70. The Morgan fingerprint density at radius 3 is 2.52 bits per heavy atom. The molecule has 0 saturated carbocycles. The molecule has 0 radical (unpaired) electrons. The number of aromatic hydroxyl groups is 1. The van der Waals surface area contributed by atoms with Crippen molar-refractivity contribution in [3.63, 3.8) is 0 Å². The molecule has 0 spiro atoms. The maximum atomic E-state index is 9.98. The Hall–Kier alpha value is -1.10. The molecule has 2 rings (SSSR count). The molecular formula is C17H21NOS2. The van der Waals surface area contributed by atoms with Crippen LogP contribution in [0.4, 0.5) is 0 Å². The predicted octanol–water partition coefficient (Wildman–Crippen LogP) is 4.17. The van der Waals surface area contributed by atoms with Crippen LogP contribution in [0.25, 0.3) is 0 Å². The number of phenolic OH excluding ortho intramolecular Hbond substituents is 1. The molecule has 0 fully saturated rings. The molecule has 2 N–H and O–H groups in total. The Bertz CT molecular complexity index is 587. The van der Waals surface area contributed by atoms with Crippen LogP contribution in [0.3, 0.4) is 0 Å². The lowest BCUT2D eigenvalue weighted by Gasteiger charge is -2.10. The first-order valence-corrected chi connectivity index (χ1v) is 9.38. The molecule has 0 unspecified atom stereocenters. The highest BCUT2D eigenvalue weighted by atomic mass is 32.2. The smallest absolute Gasteiger partial charge is 0.119 e. The second kappa shape index (κ2) is 8.37. The van der Waals surface area contributed by atoms with E-state index in [9.17, 15) is 5.11 Å². The molecule has 0 amide bonds. The molecule has 2 aromatic carbocycles. The van der Waals surface area contributed by atoms with Gasteiger partial charge in [0.05, 0.1) is 0 Å². The van der Waals surface area contributed by atoms with Gasteiger partial charge in [-0.25, -0.2) is 0 Å². The summed E-state index contributed by atoms with van der Waals surface area (Å²) >= 11 is 3.42. The van der Waals surface area contributed by atoms with Crippen LogP contribution in [0.1, 0.15) is 11.1 Å². The van der Waals surface area contributed by atoms with Gasteiger partial charge >= 0.3 is 0 Å². The second-order valence-electron chi connectivity index (χ2n) is 4.73. The van der Waals surface area contributed by atoms with E-state index < -0.39 is 0 Å². The van der Waals surface area contributed by atoms with Gasteiger partial charge in [-0.2, -0.15) is 0 Å². The SMILES string of the molecule is CSc1ccc(CCNCc2ccccc2SC)c(O)c1. The number of benzene rings is 2. The standard InChI is InChI=1S/C17H21NOS2/c1-20-15-8-7-13(16(19)11-15)9-10-18-12-14-5-3-4-6-17(14)21-2/h3-8,11,18-19H,9-10,12H2,1-2H3. The van der Waals surface area contributed by atoms with E-state index in [4.69, 9.17) is 0 Å². The van der Waals surface area contributed by atoms with Crippen LogP contribution in [0.5, 0.6) is 5.75 Å². The predicted molar refractivity (Wildman–Crippen MR) is 93.5 cm³/mol. The Morgan fingerprint density at radius 1 is 1.00 bits per heavy atom. The van der Waals surface area contributed by atoms with Crippen molar-refractivity contribution in [1.82, 2.24) is 5.32 Å². The molecule has 0 aromatic heterocycles. The maximum Gasteiger partial charge on any atom is 0.119 e. The van der Waals surface area contributed by atoms with E-state index in [1.807, 2.05) is 18.4 Å².